The number of hydrogen-bond donors (Lipinski definition) is 2. The summed E-state index contributed by atoms with van der Waals surface area (Å²) in [5, 5.41) is 2.92. The van der Waals surface area contributed by atoms with Crippen molar-refractivity contribution in [2.75, 3.05) is 44.8 Å². The van der Waals surface area contributed by atoms with Crippen LogP contribution in [0.1, 0.15) is 17.3 Å². The summed E-state index contributed by atoms with van der Waals surface area (Å²) in [5.74, 6) is 0.992. The summed E-state index contributed by atoms with van der Waals surface area (Å²) in [7, 11) is 0. The van der Waals surface area contributed by atoms with Crippen LogP contribution in [0.5, 0.6) is 5.75 Å². The molecule has 0 radical (unpaired) electrons. The number of ether oxygens (including phenoxy) is 2. The van der Waals surface area contributed by atoms with Crippen molar-refractivity contribution in [3.63, 3.8) is 0 Å². The van der Waals surface area contributed by atoms with Crippen LogP contribution < -0.4 is 10.1 Å². The third-order valence-electron chi connectivity index (χ3n) is 5.32. The number of H-pyrrole nitrogens is 1. The zero-order valence-corrected chi connectivity index (χ0v) is 15.5. The van der Waals surface area contributed by atoms with Crippen LogP contribution in [0.25, 0.3) is 11.0 Å². The van der Waals surface area contributed by atoms with Gasteiger partial charge in [-0.25, -0.2) is 4.98 Å². The lowest BCUT2D eigenvalue weighted by Crippen LogP contribution is -2.38. The average molecular weight is 378 g/mol. The number of para-hydroxylation sites is 1. The quantitative estimate of drug-likeness (QED) is 0.713. The first-order valence-corrected chi connectivity index (χ1v) is 9.60. The second-order valence-corrected chi connectivity index (χ2v) is 7.11. The topological polar surface area (TPSA) is 79.5 Å². The molecule has 1 unspecified atom stereocenters. The predicted molar refractivity (Wildman–Crippen MR) is 106 cm³/mol. The van der Waals surface area contributed by atoms with Crippen molar-refractivity contribution < 1.29 is 14.3 Å². The Labute approximate surface area is 162 Å². The van der Waals surface area contributed by atoms with E-state index in [-0.39, 0.29) is 5.91 Å². The number of carbonyl (C=O) groups is 1. The first-order valence-electron chi connectivity index (χ1n) is 9.60. The second-order valence-electron chi connectivity index (χ2n) is 7.11. The molecule has 2 aliphatic heterocycles. The first-order chi connectivity index (χ1) is 13.8. The minimum Gasteiger partial charge on any atom is -0.492 e. The van der Waals surface area contributed by atoms with Gasteiger partial charge in [-0.1, -0.05) is 18.2 Å². The van der Waals surface area contributed by atoms with Crippen molar-refractivity contribution in [3.05, 3.63) is 53.9 Å². The normalized spacial score (nSPS) is 19.6. The van der Waals surface area contributed by atoms with E-state index in [2.05, 4.69) is 20.2 Å². The van der Waals surface area contributed by atoms with E-state index in [4.69, 9.17) is 9.47 Å². The van der Waals surface area contributed by atoms with Gasteiger partial charge in [-0.2, -0.15) is 0 Å². The number of fused-ring (bicyclic) bond motifs is 2. The lowest BCUT2D eigenvalue weighted by molar-refractivity contribution is -0.116. The highest BCUT2D eigenvalue weighted by Crippen LogP contribution is 2.36. The van der Waals surface area contributed by atoms with Gasteiger partial charge in [0, 0.05) is 31.4 Å². The number of carbonyl (C=O) groups excluding carboxylic acids is 1. The van der Waals surface area contributed by atoms with Crippen LogP contribution in [0.3, 0.4) is 0 Å². The monoisotopic (exact) mass is 378 g/mol. The van der Waals surface area contributed by atoms with E-state index in [1.807, 2.05) is 42.5 Å². The minimum absolute atomic E-state index is 0.0535. The van der Waals surface area contributed by atoms with Gasteiger partial charge in [-0.15, -0.1) is 0 Å². The third kappa shape index (κ3) is 3.23. The molecule has 1 fully saturated rings. The van der Waals surface area contributed by atoms with Crippen LogP contribution >= 0.6 is 0 Å². The molecule has 1 atom stereocenters. The van der Waals surface area contributed by atoms with E-state index < -0.39 is 5.92 Å². The fourth-order valence-electron chi connectivity index (χ4n) is 3.83. The Morgan fingerprint density at radius 2 is 2.04 bits per heavy atom. The zero-order chi connectivity index (χ0) is 18.9. The molecule has 28 heavy (non-hydrogen) atoms. The maximum Gasteiger partial charge on any atom is 0.239 e. The van der Waals surface area contributed by atoms with Crippen LogP contribution in [0.15, 0.2) is 42.5 Å². The van der Waals surface area contributed by atoms with Crippen molar-refractivity contribution in [1.29, 1.82) is 0 Å². The van der Waals surface area contributed by atoms with Crippen LogP contribution in [-0.4, -0.2) is 60.2 Å². The molecule has 1 aromatic heterocycles. The van der Waals surface area contributed by atoms with Crippen molar-refractivity contribution in [2.24, 2.45) is 0 Å². The van der Waals surface area contributed by atoms with E-state index >= 15 is 0 Å². The number of nitrogens with zero attached hydrogens (tertiary/aromatic N) is 2. The number of aromatic nitrogens is 2. The van der Waals surface area contributed by atoms with Crippen molar-refractivity contribution >= 4 is 22.6 Å². The van der Waals surface area contributed by atoms with Gasteiger partial charge < -0.3 is 19.8 Å². The number of morpholine rings is 1. The van der Waals surface area contributed by atoms with Gasteiger partial charge in [0.1, 0.15) is 24.1 Å². The lowest BCUT2D eigenvalue weighted by Gasteiger charge is -2.26. The van der Waals surface area contributed by atoms with Crippen molar-refractivity contribution in [1.82, 2.24) is 14.9 Å². The smallest absolute Gasteiger partial charge is 0.239 e. The Hall–Kier alpha value is -2.90. The summed E-state index contributed by atoms with van der Waals surface area (Å²) in [4.78, 5) is 22.8. The van der Waals surface area contributed by atoms with Gasteiger partial charge in [0.25, 0.3) is 0 Å². The SMILES string of the molecule is O=C1Nc2ccccc2C1c1nc2ccc(OCCN3CCOCC3)cc2[nH]1. The van der Waals surface area contributed by atoms with Gasteiger partial charge >= 0.3 is 0 Å². The number of nitrogens with one attached hydrogen (secondary N) is 2. The van der Waals surface area contributed by atoms with E-state index in [1.54, 1.807) is 0 Å². The van der Waals surface area contributed by atoms with Crippen LogP contribution in [0.4, 0.5) is 5.69 Å². The molecule has 3 aromatic rings. The van der Waals surface area contributed by atoms with Crippen LogP contribution in [-0.2, 0) is 9.53 Å². The fraction of sp³-hybridized carbons (Fsp3) is 0.333. The Balaban J connectivity index is 1.32. The Bertz CT molecular complexity index is 1010. The highest BCUT2D eigenvalue weighted by atomic mass is 16.5. The van der Waals surface area contributed by atoms with Crippen molar-refractivity contribution in [3.8, 4) is 5.75 Å². The standard InChI is InChI=1S/C21H22N4O3/c26-21-19(15-3-1-2-4-16(15)24-21)20-22-17-6-5-14(13-18(17)23-20)28-12-9-25-7-10-27-11-8-25/h1-6,13,19H,7-12H2,(H,22,23)(H,24,26). The van der Waals surface area contributed by atoms with Crippen molar-refractivity contribution in [2.45, 2.75) is 5.92 Å². The number of hydrogen-bond acceptors (Lipinski definition) is 5. The van der Waals surface area contributed by atoms with E-state index in [0.717, 1.165) is 60.9 Å². The molecule has 1 amide bonds. The lowest BCUT2D eigenvalue weighted by atomic mass is 10.0. The van der Waals surface area contributed by atoms with Gasteiger partial charge in [0.15, 0.2) is 0 Å². The largest absolute Gasteiger partial charge is 0.492 e. The molecule has 0 bridgehead atoms. The van der Waals surface area contributed by atoms with Crippen LogP contribution in [0.2, 0.25) is 0 Å². The molecule has 2 aliphatic rings. The second kappa shape index (κ2) is 7.26. The summed E-state index contributed by atoms with van der Waals surface area (Å²) >= 11 is 0. The minimum atomic E-state index is -0.408. The summed E-state index contributed by atoms with van der Waals surface area (Å²) in [5.41, 5.74) is 3.50. The van der Waals surface area contributed by atoms with E-state index in [0.29, 0.717) is 12.4 Å². The highest BCUT2D eigenvalue weighted by molar-refractivity contribution is 6.04. The molecule has 0 aliphatic carbocycles. The molecule has 1 saturated heterocycles. The molecule has 0 saturated carbocycles. The Morgan fingerprint density at radius 1 is 1.18 bits per heavy atom. The molecular formula is C21H22N4O3. The molecule has 7 heteroatoms. The molecule has 144 valence electrons. The molecule has 5 rings (SSSR count). The highest BCUT2D eigenvalue weighted by Gasteiger charge is 2.33. The average Bonchev–Trinajstić information content (AvgIpc) is 3.27. The number of anilines is 1. The maximum absolute atomic E-state index is 12.5. The van der Waals surface area contributed by atoms with Gasteiger partial charge in [0.05, 0.1) is 24.2 Å². The number of benzene rings is 2. The third-order valence-corrected chi connectivity index (χ3v) is 5.32. The molecule has 2 N–H and O–H groups in total. The molecule has 7 nitrogen and oxygen atoms in total. The van der Waals surface area contributed by atoms with Gasteiger partial charge in [0.2, 0.25) is 5.91 Å². The molecule has 3 heterocycles. The maximum atomic E-state index is 12.5. The summed E-state index contributed by atoms with van der Waals surface area (Å²) in [6.45, 7) is 5.01. The Kier molecular flexibility index (Phi) is 4.46. The van der Waals surface area contributed by atoms with E-state index in [1.165, 1.54) is 0 Å². The van der Waals surface area contributed by atoms with Crippen LogP contribution in [0, 0.1) is 0 Å². The molecular weight excluding hydrogens is 356 g/mol. The first kappa shape index (κ1) is 17.2. The number of amides is 1. The molecule has 2 aromatic carbocycles. The fourth-order valence-corrected chi connectivity index (χ4v) is 3.83. The molecule has 0 spiro atoms. The van der Waals surface area contributed by atoms with E-state index in [9.17, 15) is 4.79 Å². The predicted octanol–water partition coefficient (Wildman–Crippen LogP) is 2.36. The summed E-state index contributed by atoms with van der Waals surface area (Å²) in [6.07, 6.45) is 0. The summed E-state index contributed by atoms with van der Waals surface area (Å²) in [6, 6.07) is 13.5. The Morgan fingerprint density at radius 3 is 2.93 bits per heavy atom. The number of aromatic amines is 1. The van der Waals surface area contributed by atoms with Gasteiger partial charge in [-0.3, -0.25) is 9.69 Å². The number of imidazole rings is 1. The van der Waals surface area contributed by atoms with Gasteiger partial charge in [-0.05, 0) is 23.8 Å². The summed E-state index contributed by atoms with van der Waals surface area (Å²) < 4.78 is 11.3. The number of rotatable bonds is 5. The zero-order valence-electron chi connectivity index (χ0n) is 15.5.